The Morgan fingerprint density at radius 1 is 1.44 bits per heavy atom. The van der Waals surface area contributed by atoms with Gasteiger partial charge in [0.2, 0.25) is 0 Å². The van der Waals surface area contributed by atoms with E-state index in [1.807, 2.05) is 0 Å². The van der Waals surface area contributed by atoms with Gasteiger partial charge in [-0.2, -0.15) is 5.10 Å². The zero-order valence-electron chi connectivity index (χ0n) is 9.39. The Hall–Kier alpha value is -2.37. The Kier molecular flexibility index (Phi) is 3.57. The second-order valence-corrected chi connectivity index (χ2v) is 3.61. The summed E-state index contributed by atoms with van der Waals surface area (Å²) in [6.45, 7) is 0.238. The lowest BCUT2D eigenvalue weighted by molar-refractivity contribution is 0.0690. The van der Waals surface area contributed by atoms with Gasteiger partial charge in [0, 0.05) is 12.1 Å². The number of nitrogens with one attached hydrogen (secondary N) is 1. The highest BCUT2D eigenvalue weighted by Crippen LogP contribution is 2.15. The minimum atomic E-state index is -1.09. The van der Waals surface area contributed by atoms with Crippen molar-refractivity contribution < 1.29 is 19.0 Å². The van der Waals surface area contributed by atoms with Crippen LogP contribution in [-0.4, -0.2) is 27.9 Å². The van der Waals surface area contributed by atoms with E-state index in [9.17, 15) is 9.18 Å². The number of carbonyl (C=O) groups is 1. The molecule has 2 N–H and O–H groups in total. The number of aromatic carboxylic acids is 1. The molecule has 0 saturated carbocycles. The number of halogens is 1. The first-order valence-electron chi connectivity index (χ1n) is 5.31. The third-order valence-electron chi connectivity index (χ3n) is 2.32. The van der Waals surface area contributed by atoms with E-state index in [0.29, 0.717) is 12.1 Å². The van der Waals surface area contributed by atoms with E-state index in [1.54, 1.807) is 12.1 Å². The van der Waals surface area contributed by atoms with Crippen molar-refractivity contribution in [3.05, 3.63) is 47.5 Å². The minimum Gasteiger partial charge on any atom is -0.490 e. The van der Waals surface area contributed by atoms with Crippen molar-refractivity contribution in [3.8, 4) is 5.75 Å². The summed E-state index contributed by atoms with van der Waals surface area (Å²) in [6, 6.07) is 7.53. The van der Waals surface area contributed by atoms with Gasteiger partial charge in [0.25, 0.3) is 0 Å². The summed E-state index contributed by atoms with van der Waals surface area (Å²) in [4.78, 5) is 10.6. The van der Waals surface area contributed by atoms with Crippen molar-refractivity contribution in [1.29, 1.82) is 0 Å². The summed E-state index contributed by atoms with van der Waals surface area (Å²) < 4.78 is 18.4. The highest BCUT2D eigenvalue weighted by molar-refractivity contribution is 5.85. The van der Waals surface area contributed by atoms with E-state index >= 15 is 0 Å². The lowest BCUT2D eigenvalue weighted by Gasteiger charge is -2.05. The molecule has 2 rings (SSSR count). The van der Waals surface area contributed by atoms with Crippen molar-refractivity contribution in [3.63, 3.8) is 0 Å². The number of benzene rings is 1. The molecule has 0 amide bonds. The van der Waals surface area contributed by atoms with Gasteiger partial charge in [-0.15, -0.1) is 0 Å². The van der Waals surface area contributed by atoms with Crippen LogP contribution in [-0.2, 0) is 6.42 Å². The number of ether oxygens (including phenoxy) is 1. The first-order chi connectivity index (χ1) is 8.66. The lowest BCUT2D eigenvalue weighted by Crippen LogP contribution is -2.02. The number of rotatable bonds is 5. The van der Waals surface area contributed by atoms with Crippen LogP contribution < -0.4 is 4.74 Å². The zero-order chi connectivity index (χ0) is 13.0. The van der Waals surface area contributed by atoms with Gasteiger partial charge in [-0.25, -0.2) is 9.18 Å². The SMILES string of the molecule is O=C(O)c1cc(CCOc2ccccc2F)[nH]n1. The number of H-pyrrole nitrogens is 1. The number of para-hydroxylation sites is 1. The molecular formula is C12H11FN2O3. The van der Waals surface area contributed by atoms with Crippen LogP contribution in [0.15, 0.2) is 30.3 Å². The van der Waals surface area contributed by atoms with Gasteiger partial charge in [-0.3, -0.25) is 5.10 Å². The third kappa shape index (κ3) is 2.85. The Bertz CT molecular complexity index is 554. The molecular weight excluding hydrogens is 239 g/mol. The molecule has 0 atom stereocenters. The summed E-state index contributed by atoms with van der Waals surface area (Å²) in [5, 5.41) is 14.9. The Balaban J connectivity index is 1.88. The van der Waals surface area contributed by atoms with Crippen LogP contribution in [0.5, 0.6) is 5.75 Å². The average molecular weight is 250 g/mol. The van der Waals surface area contributed by atoms with Crippen LogP contribution in [0.25, 0.3) is 0 Å². The highest BCUT2D eigenvalue weighted by atomic mass is 19.1. The van der Waals surface area contributed by atoms with Crippen LogP contribution in [0.3, 0.4) is 0 Å². The quantitative estimate of drug-likeness (QED) is 0.849. The second-order valence-electron chi connectivity index (χ2n) is 3.61. The lowest BCUT2D eigenvalue weighted by atomic mass is 10.3. The summed E-state index contributed by atoms with van der Waals surface area (Å²) in [5.41, 5.74) is 0.583. The largest absolute Gasteiger partial charge is 0.490 e. The predicted octanol–water partition coefficient (Wildman–Crippen LogP) is 1.87. The fraction of sp³-hybridized carbons (Fsp3) is 0.167. The molecule has 0 bridgehead atoms. The molecule has 0 unspecified atom stereocenters. The van der Waals surface area contributed by atoms with Gasteiger partial charge < -0.3 is 9.84 Å². The molecule has 0 spiro atoms. The van der Waals surface area contributed by atoms with E-state index in [2.05, 4.69) is 10.2 Å². The second kappa shape index (κ2) is 5.31. The van der Waals surface area contributed by atoms with Gasteiger partial charge in [-0.05, 0) is 18.2 Å². The monoisotopic (exact) mass is 250 g/mol. The molecule has 94 valence electrons. The van der Waals surface area contributed by atoms with E-state index in [-0.39, 0.29) is 18.1 Å². The number of hydrogen-bond acceptors (Lipinski definition) is 3. The zero-order valence-corrected chi connectivity index (χ0v) is 9.39. The molecule has 2 aromatic rings. The molecule has 0 saturated heterocycles. The normalized spacial score (nSPS) is 10.3. The van der Waals surface area contributed by atoms with Crippen molar-refractivity contribution in [2.24, 2.45) is 0 Å². The molecule has 1 aromatic carbocycles. The molecule has 6 heteroatoms. The first kappa shape index (κ1) is 12.1. The van der Waals surface area contributed by atoms with Crippen molar-refractivity contribution in [1.82, 2.24) is 10.2 Å². The van der Waals surface area contributed by atoms with E-state index in [4.69, 9.17) is 9.84 Å². The molecule has 18 heavy (non-hydrogen) atoms. The van der Waals surface area contributed by atoms with Gasteiger partial charge in [0.15, 0.2) is 17.3 Å². The van der Waals surface area contributed by atoms with Crippen LogP contribution in [0.4, 0.5) is 4.39 Å². The van der Waals surface area contributed by atoms with Crippen LogP contribution >= 0.6 is 0 Å². The molecule has 0 aliphatic rings. The van der Waals surface area contributed by atoms with Gasteiger partial charge in [-0.1, -0.05) is 12.1 Å². The smallest absolute Gasteiger partial charge is 0.356 e. The van der Waals surface area contributed by atoms with Crippen molar-refractivity contribution in [2.45, 2.75) is 6.42 Å². The maximum Gasteiger partial charge on any atom is 0.356 e. The maximum atomic E-state index is 13.2. The number of hydrogen-bond donors (Lipinski definition) is 2. The Labute approximate surface area is 102 Å². The van der Waals surface area contributed by atoms with Gasteiger partial charge in [0.1, 0.15) is 0 Å². The Morgan fingerprint density at radius 3 is 2.89 bits per heavy atom. The number of aromatic amines is 1. The third-order valence-corrected chi connectivity index (χ3v) is 2.32. The number of nitrogens with zero attached hydrogens (tertiary/aromatic N) is 1. The number of aromatic nitrogens is 2. The highest BCUT2D eigenvalue weighted by Gasteiger charge is 2.08. The Morgan fingerprint density at radius 2 is 2.22 bits per heavy atom. The fourth-order valence-corrected chi connectivity index (χ4v) is 1.43. The summed E-state index contributed by atoms with van der Waals surface area (Å²) in [7, 11) is 0. The van der Waals surface area contributed by atoms with Crippen molar-refractivity contribution in [2.75, 3.05) is 6.61 Å². The summed E-state index contributed by atoms with van der Waals surface area (Å²) >= 11 is 0. The topological polar surface area (TPSA) is 75.2 Å². The van der Waals surface area contributed by atoms with Gasteiger partial charge >= 0.3 is 5.97 Å². The van der Waals surface area contributed by atoms with Crippen molar-refractivity contribution >= 4 is 5.97 Å². The van der Waals surface area contributed by atoms with E-state index in [0.717, 1.165) is 0 Å². The summed E-state index contributed by atoms with van der Waals surface area (Å²) in [6.07, 6.45) is 0.425. The average Bonchev–Trinajstić information content (AvgIpc) is 2.80. The standard InChI is InChI=1S/C12H11FN2O3/c13-9-3-1-2-4-11(9)18-6-5-8-7-10(12(16)17)15-14-8/h1-4,7H,5-6H2,(H,14,15)(H,16,17). The fourth-order valence-electron chi connectivity index (χ4n) is 1.43. The molecule has 1 heterocycles. The van der Waals surface area contributed by atoms with Gasteiger partial charge in [0.05, 0.1) is 6.61 Å². The van der Waals surface area contributed by atoms with E-state index < -0.39 is 11.8 Å². The maximum absolute atomic E-state index is 13.2. The van der Waals surface area contributed by atoms with Crippen LogP contribution in [0.2, 0.25) is 0 Å². The van der Waals surface area contributed by atoms with Crippen LogP contribution in [0, 0.1) is 5.82 Å². The molecule has 0 radical (unpaired) electrons. The van der Waals surface area contributed by atoms with E-state index in [1.165, 1.54) is 18.2 Å². The molecule has 0 aliphatic carbocycles. The predicted molar refractivity (Wildman–Crippen MR) is 61.1 cm³/mol. The first-order valence-corrected chi connectivity index (χ1v) is 5.31. The molecule has 5 nitrogen and oxygen atoms in total. The summed E-state index contributed by atoms with van der Waals surface area (Å²) in [5.74, 6) is -1.34. The molecule has 0 fully saturated rings. The molecule has 0 aliphatic heterocycles. The minimum absolute atomic E-state index is 0.0455. The van der Waals surface area contributed by atoms with Crippen LogP contribution in [0.1, 0.15) is 16.2 Å². The molecule has 1 aromatic heterocycles. The number of carboxylic acid groups (broad SMARTS) is 1. The number of carboxylic acids is 1.